The molecule has 1 aliphatic carbocycles. The molecule has 100 valence electrons. The summed E-state index contributed by atoms with van der Waals surface area (Å²) in [5, 5.41) is 7.49. The molecule has 0 saturated heterocycles. The number of guanidine groups is 1. The molecule has 0 aromatic carbocycles. The van der Waals surface area contributed by atoms with Gasteiger partial charge < -0.3 is 10.6 Å². The monoisotopic (exact) mass is 278 g/mol. The van der Waals surface area contributed by atoms with Gasteiger partial charge in [-0.05, 0) is 12.8 Å². The number of thiazole rings is 1. The topological polar surface area (TPSA) is 49.3 Å². The second-order valence-electron chi connectivity index (χ2n) is 3.97. The van der Waals surface area contributed by atoms with Gasteiger partial charge in [0.05, 0.1) is 6.54 Å². The van der Waals surface area contributed by atoms with Crippen LogP contribution in [0.4, 0.5) is 13.2 Å². The van der Waals surface area contributed by atoms with Crippen LogP contribution in [-0.2, 0) is 12.7 Å². The number of alkyl halides is 3. The van der Waals surface area contributed by atoms with Crippen molar-refractivity contribution in [2.75, 3.05) is 7.05 Å². The largest absolute Gasteiger partial charge is 0.434 e. The van der Waals surface area contributed by atoms with E-state index >= 15 is 0 Å². The van der Waals surface area contributed by atoms with Crippen molar-refractivity contribution < 1.29 is 13.2 Å². The van der Waals surface area contributed by atoms with E-state index in [4.69, 9.17) is 0 Å². The Bertz CT molecular complexity index is 437. The average molecular weight is 278 g/mol. The van der Waals surface area contributed by atoms with Crippen LogP contribution in [0.5, 0.6) is 0 Å². The zero-order valence-electron chi connectivity index (χ0n) is 9.71. The molecule has 0 spiro atoms. The third-order valence-corrected chi connectivity index (χ3v) is 3.24. The molecule has 1 fully saturated rings. The van der Waals surface area contributed by atoms with E-state index in [1.165, 1.54) is 0 Å². The second kappa shape index (κ2) is 5.13. The molecule has 2 rings (SSSR count). The van der Waals surface area contributed by atoms with Crippen LogP contribution >= 0.6 is 11.3 Å². The van der Waals surface area contributed by atoms with Gasteiger partial charge in [0.25, 0.3) is 0 Å². The van der Waals surface area contributed by atoms with Gasteiger partial charge in [0.2, 0.25) is 0 Å². The second-order valence-corrected chi connectivity index (χ2v) is 4.91. The van der Waals surface area contributed by atoms with Crippen LogP contribution in [-0.4, -0.2) is 24.0 Å². The SMILES string of the molecule is CN=C(NCc1nc(C(F)(F)F)cs1)NC1CC1. The first-order valence-corrected chi connectivity index (χ1v) is 6.36. The maximum Gasteiger partial charge on any atom is 0.434 e. The number of hydrogen-bond acceptors (Lipinski definition) is 3. The van der Waals surface area contributed by atoms with Gasteiger partial charge >= 0.3 is 6.18 Å². The van der Waals surface area contributed by atoms with Crippen LogP contribution in [0, 0.1) is 0 Å². The fraction of sp³-hybridized carbons (Fsp3) is 0.600. The lowest BCUT2D eigenvalue weighted by atomic mass is 10.5. The molecule has 0 amide bonds. The van der Waals surface area contributed by atoms with Gasteiger partial charge in [-0.1, -0.05) is 0 Å². The number of aromatic nitrogens is 1. The molecule has 2 N–H and O–H groups in total. The Morgan fingerprint density at radius 1 is 1.56 bits per heavy atom. The Morgan fingerprint density at radius 2 is 2.28 bits per heavy atom. The van der Waals surface area contributed by atoms with Gasteiger partial charge in [-0.3, -0.25) is 4.99 Å². The standard InChI is InChI=1S/C10H13F3N4S/c1-14-9(16-6-2-3-6)15-4-8-17-7(5-18-8)10(11,12)13/h5-6H,2-4H2,1H3,(H2,14,15,16). The first kappa shape index (κ1) is 13.1. The van der Waals surface area contributed by atoms with Crippen molar-refractivity contribution in [1.82, 2.24) is 15.6 Å². The molecule has 1 aliphatic rings. The summed E-state index contributed by atoms with van der Waals surface area (Å²) in [6, 6.07) is 0.443. The summed E-state index contributed by atoms with van der Waals surface area (Å²) in [6.07, 6.45) is -2.16. The maximum atomic E-state index is 12.3. The Kier molecular flexibility index (Phi) is 3.74. The summed E-state index contributed by atoms with van der Waals surface area (Å²) >= 11 is 0.987. The van der Waals surface area contributed by atoms with E-state index < -0.39 is 11.9 Å². The Balaban J connectivity index is 1.87. The number of rotatable bonds is 3. The summed E-state index contributed by atoms with van der Waals surface area (Å²) in [5.41, 5.74) is -0.838. The van der Waals surface area contributed by atoms with Crippen molar-refractivity contribution in [1.29, 1.82) is 0 Å². The van der Waals surface area contributed by atoms with Gasteiger partial charge in [-0.2, -0.15) is 13.2 Å². The van der Waals surface area contributed by atoms with Crippen LogP contribution in [0.3, 0.4) is 0 Å². The first-order chi connectivity index (χ1) is 8.49. The van der Waals surface area contributed by atoms with E-state index in [0.717, 1.165) is 29.6 Å². The van der Waals surface area contributed by atoms with Crippen molar-refractivity contribution in [3.05, 3.63) is 16.1 Å². The number of nitrogens with one attached hydrogen (secondary N) is 2. The normalized spacial score (nSPS) is 16.8. The predicted octanol–water partition coefficient (Wildman–Crippen LogP) is 1.99. The highest BCUT2D eigenvalue weighted by molar-refractivity contribution is 7.09. The van der Waals surface area contributed by atoms with Crippen molar-refractivity contribution in [3.63, 3.8) is 0 Å². The van der Waals surface area contributed by atoms with E-state index in [1.54, 1.807) is 7.05 Å². The van der Waals surface area contributed by atoms with Crippen LogP contribution in [0.2, 0.25) is 0 Å². The van der Waals surface area contributed by atoms with Crippen LogP contribution in [0.15, 0.2) is 10.4 Å². The molecule has 4 nitrogen and oxygen atoms in total. The molecule has 1 aromatic heterocycles. The van der Waals surface area contributed by atoms with Gasteiger partial charge in [-0.15, -0.1) is 11.3 Å². The molecule has 0 radical (unpaired) electrons. The van der Waals surface area contributed by atoms with Gasteiger partial charge in [-0.25, -0.2) is 4.98 Å². The zero-order chi connectivity index (χ0) is 13.2. The quantitative estimate of drug-likeness (QED) is 0.656. The molecule has 18 heavy (non-hydrogen) atoms. The van der Waals surface area contributed by atoms with E-state index in [2.05, 4.69) is 20.6 Å². The molecule has 1 heterocycles. The predicted molar refractivity (Wildman–Crippen MR) is 63.5 cm³/mol. The number of aliphatic imine (C=N–C) groups is 1. The summed E-state index contributed by atoms with van der Waals surface area (Å²) in [7, 11) is 1.63. The Labute approximate surface area is 106 Å². The third kappa shape index (κ3) is 3.59. The molecule has 1 aromatic rings. The Morgan fingerprint density at radius 3 is 2.78 bits per heavy atom. The summed E-state index contributed by atoms with van der Waals surface area (Å²) in [5.74, 6) is 0.598. The van der Waals surface area contributed by atoms with E-state index in [1.807, 2.05) is 0 Å². The zero-order valence-corrected chi connectivity index (χ0v) is 10.5. The number of halogens is 3. The molecule has 0 unspecified atom stereocenters. The van der Waals surface area contributed by atoms with Crippen molar-refractivity contribution in [3.8, 4) is 0 Å². The minimum absolute atomic E-state index is 0.243. The lowest BCUT2D eigenvalue weighted by Crippen LogP contribution is -2.38. The first-order valence-electron chi connectivity index (χ1n) is 5.48. The highest BCUT2D eigenvalue weighted by atomic mass is 32.1. The van der Waals surface area contributed by atoms with E-state index in [-0.39, 0.29) is 6.54 Å². The van der Waals surface area contributed by atoms with E-state index in [0.29, 0.717) is 17.0 Å². The summed E-state index contributed by atoms with van der Waals surface area (Å²) in [6.45, 7) is 0.243. The molecule has 1 saturated carbocycles. The van der Waals surface area contributed by atoms with Gasteiger partial charge in [0, 0.05) is 18.5 Å². The molecule has 0 aliphatic heterocycles. The van der Waals surface area contributed by atoms with Gasteiger partial charge in [0.15, 0.2) is 11.7 Å². The fourth-order valence-electron chi connectivity index (χ4n) is 1.30. The van der Waals surface area contributed by atoms with Crippen molar-refractivity contribution in [2.24, 2.45) is 4.99 Å². The van der Waals surface area contributed by atoms with Gasteiger partial charge in [0.1, 0.15) is 5.01 Å². The third-order valence-electron chi connectivity index (χ3n) is 2.39. The molecule has 8 heteroatoms. The van der Waals surface area contributed by atoms with Crippen LogP contribution in [0.1, 0.15) is 23.5 Å². The average Bonchev–Trinajstić information content (AvgIpc) is 2.97. The summed E-state index contributed by atoms with van der Waals surface area (Å²) < 4.78 is 37.0. The minimum Gasteiger partial charge on any atom is -0.354 e. The van der Waals surface area contributed by atoms with E-state index in [9.17, 15) is 13.2 Å². The smallest absolute Gasteiger partial charge is 0.354 e. The van der Waals surface area contributed by atoms with Crippen molar-refractivity contribution in [2.45, 2.75) is 31.6 Å². The molecule has 0 atom stereocenters. The molecule has 0 bridgehead atoms. The maximum absolute atomic E-state index is 12.3. The Hall–Kier alpha value is -1.31. The highest BCUT2D eigenvalue weighted by Gasteiger charge is 2.33. The van der Waals surface area contributed by atoms with Crippen LogP contribution < -0.4 is 10.6 Å². The summed E-state index contributed by atoms with van der Waals surface area (Å²) in [4.78, 5) is 7.52. The van der Waals surface area contributed by atoms with Crippen LogP contribution in [0.25, 0.3) is 0 Å². The lowest BCUT2D eigenvalue weighted by molar-refractivity contribution is -0.140. The van der Waals surface area contributed by atoms with Crippen molar-refractivity contribution >= 4 is 17.3 Å². The molecular formula is C10H13F3N4S. The minimum atomic E-state index is -4.37. The number of nitrogens with zero attached hydrogens (tertiary/aromatic N) is 2. The fourth-order valence-corrected chi connectivity index (χ4v) is 2.04. The highest BCUT2D eigenvalue weighted by Crippen LogP contribution is 2.29. The lowest BCUT2D eigenvalue weighted by Gasteiger charge is -2.09. The molecular weight excluding hydrogens is 265 g/mol. The number of hydrogen-bond donors (Lipinski definition) is 2.